The Morgan fingerprint density at radius 3 is 2.69 bits per heavy atom. The van der Waals surface area contributed by atoms with E-state index in [0.29, 0.717) is 11.5 Å². The number of nitrogens with one attached hydrogen (secondary N) is 1. The van der Waals surface area contributed by atoms with Gasteiger partial charge in [-0.1, -0.05) is 20.8 Å². The van der Waals surface area contributed by atoms with Gasteiger partial charge in [0.05, 0.1) is 5.51 Å². The van der Waals surface area contributed by atoms with Gasteiger partial charge < -0.3 is 5.32 Å². The van der Waals surface area contributed by atoms with Crippen LogP contribution in [0.25, 0.3) is 0 Å². The number of thiazole rings is 1. The summed E-state index contributed by atoms with van der Waals surface area (Å²) in [7, 11) is 0. The second kappa shape index (κ2) is 4.20. The molecule has 13 heavy (non-hydrogen) atoms. The van der Waals surface area contributed by atoms with Gasteiger partial charge in [-0.3, -0.25) is 4.98 Å². The summed E-state index contributed by atoms with van der Waals surface area (Å²) in [6.45, 7) is 9.92. The lowest BCUT2D eigenvalue weighted by molar-refractivity contribution is 0.361. The minimum Gasteiger partial charge on any atom is -0.309 e. The second-order valence-corrected chi connectivity index (χ2v) is 5.48. The molecule has 0 aliphatic carbocycles. The van der Waals surface area contributed by atoms with Gasteiger partial charge >= 0.3 is 0 Å². The highest BCUT2D eigenvalue weighted by molar-refractivity contribution is 7.09. The fourth-order valence-corrected chi connectivity index (χ4v) is 1.65. The lowest BCUT2D eigenvalue weighted by atomic mass is 9.96. The van der Waals surface area contributed by atoms with Crippen LogP contribution in [-0.4, -0.2) is 11.5 Å². The van der Waals surface area contributed by atoms with Crippen LogP contribution in [0.1, 0.15) is 38.6 Å². The first-order valence-electron chi connectivity index (χ1n) is 4.61. The largest absolute Gasteiger partial charge is 0.309 e. The third-order valence-electron chi connectivity index (χ3n) is 1.82. The summed E-state index contributed by atoms with van der Waals surface area (Å²) in [6, 6.07) is 0.423. The normalized spacial score (nSPS) is 14.5. The molecule has 0 spiro atoms. The molecule has 1 aromatic rings. The summed E-state index contributed by atoms with van der Waals surface area (Å²) in [6.07, 6.45) is 1.94. The molecule has 1 heterocycles. The maximum Gasteiger partial charge on any atom is 0.0794 e. The van der Waals surface area contributed by atoms with E-state index >= 15 is 0 Å². The summed E-state index contributed by atoms with van der Waals surface area (Å²) in [5.41, 5.74) is 2.23. The van der Waals surface area contributed by atoms with Crippen molar-refractivity contribution in [2.24, 2.45) is 5.41 Å². The van der Waals surface area contributed by atoms with Crippen molar-refractivity contribution in [1.29, 1.82) is 0 Å². The molecule has 1 N–H and O–H groups in total. The molecule has 0 aliphatic rings. The highest BCUT2D eigenvalue weighted by Gasteiger charge is 2.13. The van der Waals surface area contributed by atoms with Crippen LogP contribution in [0, 0.1) is 5.41 Å². The smallest absolute Gasteiger partial charge is 0.0794 e. The topological polar surface area (TPSA) is 24.9 Å². The molecule has 1 atom stereocenters. The van der Waals surface area contributed by atoms with Gasteiger partial charge in [0.1, 0.15) is 0 Å². The zero-order chi connectivity index (χ0) is 9.90. The van der Waals surface area contributed by atoms with Crippen LogP contribution in [-0.2, 0) is 0 Å². The van der Waals surface area contributed by atoms with Gasteiger partial charge in [-0.05, 0) is 12.3 Å². The summed E-state index contributed by atoms with van der Waals surface area (Å²) >= 11 is 1.71. The number of hydrogen-bond donors (Lipinski definition) is 1. The lowest BCUT2D eigenvalue weighted by Gasteiger charge is -2.21. The van der Waals surface area contributed by atoms with Crippen molar-refractivity contribution in [3.8, 4) is 0 Å². The van der Waals surface area contributed by atoms with E-state index in [1.165, 1.54) is 4.88 Å². The van der Waals surface area contributed by atoms with Crippen LogP contribution in [0.2, 0.25) is 0 Å². The summed E-state index contributed by atoms with van der Waals surface area (Å²) < 4.78 is 0. The molecule has 74 valence electrons. The fourth-order valence-electron chi connectivity index (χ4n) is 0.999. The van der Waals surface area contributed by atoms with Crippen molar-refractivity contribution in [2.75, 3.05) is 6.54 Å². The van der Waals surface area contributed by atoms with Gasteiger partial charge in [-0.15, -0.1) is 11.3 Å². The Bertz CT molecular complexity index is 236. The van der Waals surface area contributed by atoms with E-state index in [1.807, 2.05) is 11.7 Å². The predicted octanol–water partition coefficient (Wildman–Crippen LogP) is 2.84. The molecular formula is C10H18N2S. The third kappa shape index (κ3) is 3.87. The quantitative estimate of drug-likeness (QED) is 0.808. The first-order valence-corrected chi connectivity index (χ1v) is 5.49. The van der Waals surface area contributed by atoms with E-state index in [0.717, 1.165) is 6.54 Å². The average Bonchev–Trinajstić information content (AvgIpc) is 2.50. The van der Waals surface area contributed by atoms with Gasteiger partial charge in [-0.2, -0.15) is 0 Å². The molecule has 0 amide bonds. The maximum absolute atomic E-state index is 4.07. The Kier molecular flexibility index (Phi) is 3.45. The summed E-state index contributed by atoms with van der Waals surface area (Å²) in [5, 5.41) is 3.50. The number of nitrogens with zero attached hydrogens (tertiary/aromatic N) is 1. The van der Waals surface area contributed by atoms with E-state index in [-0.39, 0.29) is 0 Å². The second-order valence-electron chi connectivity index (χ2n) is 4.57. The van der Waals surface area contributed by atoms with Crippen molar-refractivity contribution in [1.82, 2.24) is 10.3 Å². The SMILES string of the molecule is CC(NCC(C)(C)C)c1cncs1. The van der Waals surface area contributed by atoms with Crippen LogP contribution in [0.4, 0.5) is 0 Å². The van der Waals surface area contributed by atoms with E-state index in [4.69, 9.17) is 0 Å². The van der Waals surface area contributed by atoms with Crippen molar-refractivity contribution in [3.63, 3.8) is 0 Å². The standard InChI is InChI=1S/C10H18N2S/c1-8(9-5-11-7-13-9)12-6-10(2,3)4/h5,7-8,12H,6H2,1-4H3. The van der Waals surface area contributed by atoms with E-state index in [2.05, 4.69) is 38.0 Å². The molecule has 0 aromatic carbocycles. The zero-order valence-electron chi connectivity index (χ0n) is 8.79. The minimum atomic E-state index is 0.346. The highest BCUT2D eigenvalue weighted by Crippen LogP contribution is 2.18. The van der Waals surface area contributed by atoms with Crippen LogP contribution in [0.15, 0.2) is 11.7 Å². The van der Waals surface area contributed by atoms with Crippen molar-refractivity contribution in [3.05, 3.63) is 16.6 Å². The van der Waals surface area contributed by atoms with Crippen LogP contribution >= 0.6 is 11.3 Å². The van der Waals surface area contributed by atoms with E-state index in [1.54, 1.807) is 11.3 Å². The third-order valence-corrected chi connectivity index (χ3v) is 2.78. The molecule has 0 radical (unpaired) electrons. The Morgan fingerprint density at radius 1 is 1.54 bits per heavy atom. The highest BCUT2D eigenvalue weighted by atomic mass is 32.1. The van der Waals surface area contributed by atoms with Gasteiger partial charge in [0.15, 0.2) is 0 Å². The molecule has 0 saturated heterocycles. The molecule has 0 bridgehead atoms. The number of rotatable bonds is 3. The molecule has 1 unspecified atom stereocenters. The number of aromatic nitrogens is 1. The zero-order valence-corrected chi connectivity index (χ0v) is 9.61. The first kappa shape index (κ1) is 10.7. The van der Waals surface area contributed by atoms with Crippen molar-refractivity contribution >= 4 is 11.3 Å². The Balaban J connectivity index is 2.39. The monoisotopic (exact) mass is 198 g/mol. The molecule has 0 saturated carbocycles. The van der Waals surface area contributed by atoms with Crippen LogP contribution < -0.4 is 5.32 Å². The lowest BCUT2D eigenvalue weighted by Crippen LogP contribution is -2.28. The van der Waals surface area contributed by atoms with E-state index < -0.39 is 0 Å². The Labute approximate surface area is 84.4 Å². The van der Waals surface area contributed by atoms with Crippen LogP contribution in [0.5, 0.6) is 0 Å². The molecule has 1 aromatic heterocycles. The molecule has 0 aliphatic heterocycles. The predicted molar refractivity (Wildman–Crippen MR) is 58.0 cm³/mol. The van der Waals surface area contributed by atoms with Gasteiger partial charge in [0, 0.05) is 23.7 Å². The van der Waals surface area contributed by atoms with Gasteiger partial charge in [0.2, 0.25) is 0 Å². The fraction of sp³-hybridized carbons (Fsp3) is 0.700. The Morgan fingerprint density at radius 2 is 2.23 bits per heavy atom. The summed E-state index contributed by atoms with van der Waals surface area (Å²) in [5.74, 6) is 0. The van der Waals surface area contributed by atoms with Crippen molar-refractivity contribution in [2.45, 2.75) is 33.7 Å². The van der Waals surface area contributed by atoms with Crippen molar-refractivity contribution < 1.29 is 0 Å². The maximum atomic E-state index is 4.07. The molecule has 0 fully saturated rings. The van der Waals surface area contributed by atoms with E-state index in [9.17, 15) is 0 Å². The molecule has 2 nitrogen and oxygen atoms in total. The van der Waals surface area contributed by atoms with Gasteiger partial charge in [-0.25, -0.2) is 0 Å². The van der Waals surface area contributed by atoms with Crippen LogP contribution in [0.3, 0.4) is 0 Å². The minimum absolute atomic E-state index is 0.346. The number of hydrogen-bond acceptors (Lipinski definition) is 3. The summed E-state index contributed by atoms with van der Waals surface area (Å²) in [4.78, 5) is 5.38. The molecular weight excluding hydrogens is 180 g/mol. The first-order chi connectivity index (χ1) is 5.99. The Hall–Kier alpha value is -0.410. The molecule has 1 rings (SSSR count). The molecule has 3 heteroatoms. The average molecular weight is 198 g/mol. The van der Waals surface area contributed by atoms with Gasteiger partial charge in [0.25, 0.3) is 0 Å².